The summed E-state index contributed by atoms with van der Waals surface area (Å²) in [5.41, 5.74) is 0.365. The molecule has 0 unspecified atom stereocenters. The van der Waals surface area contributed by atoms with Crippen molar-refractivity contribution >= 4 is 23.5 Å². The molecular formula is C18H16N2O7. The molecule has 9 heteroatoms. The zero-order chi connectivity index (χ0) is 20.0. The molecule has 0 aliphatic heterocycles. The van der Waals surface area contributed by atoms with Crippen LogP contribution in [-0.2, 0) is 9.53 Å². The molecule has 0 heterocycles. The van der Waals surface area contributed by atoms with Crippen LogP contribution in [0.15, 0.2) is 42.5 Å². The van der Waals surface area contributed by atoms with Crippen LogP contribution in [0, 0.1) is 17.0 Å². The lowest BCUT2D eigenvalue weighted by molar-refractivity contribution is -0.385. The first kappa shape index (κ1) is 19.6. The Labute approximate surface area is 154 Å². The summed E-state index contributed by atoms with van der Waals surface area (Å²) >= 11 is 0. The molecule has 0 spiro atoms. The summed E-state index contributed by atoms with van der Waals surface area (Å²) in [4.78, 5) is 46.1. The molecule has 0 radical (unpaired) electrons. The lowest BCUT2D eigenvalue weighted by Crippen LogP contribution is -2.34. The van der Waals surface area contributed by atoms with Gasteiger partial charge in [-0.15, -0.1) is 0 Å². The number of benzene rings is 2. The van der Waals surface area contributed by atoms with Gasteiger partial charge in [-0.2, -0.15) is 0 Å². The van der Waals surface area contributed by atoms with Gasteiger partial charge in [0, 0.05) is 11.6 Å². The Balaban J connectivity index is 1.95. The predicted octanol–water partition coefficient (Wildman–Crippen LogP) is 2.03. The number of rotatable bonds is 6. The second-order valence-corrected chi connectivity index (χ2v) is 5.41. The highest BCUT2D eigenvalue weighted by atomic mass is 16.6. The molecule has 0 atom stereocenters. The zero-order valence-corrected chi connectivity index (χ0v) is 14.6. The van der Waals surface area contributed by atoms with E-state index in [0.717, 1.165) is 0 Å². The fourth-order valence-corrected chi connectivity index (χ4v) is 2.26. The van der Waals surface area contributed by atoms with Crippen molar-refractivity contribution in [2.75, 3.05) is 13.7 Å². The van der Waals surface area contributed by atoms with Crippen LogP contribution in [0.5, 0.6) is 5.75 Å². The smallest absolute Gasteiger partial charge is 0.338 e. The molecule has 0 fully saturated rings. The summed E-state index contributed by atoms with van der Waals surface area (Å²) in [5, 5.41) is 12.9. The maximum Gasteiger partial charge on any atom is 0.338 e. The van der Waals surface area contributed by atoms with Crippen molar-refractivity contribution in [3.8, 4) is 5.75 Å². The highest BCUT2D eigenvalue weighted by Crippen LogP contribution is 2.19. The molecule has 2 aromatic carbocycles. The molecule has 140 valence electrons. The fraction of sp³-hybridized carbons (Fsp3) is 0.167. The minimum absolute atomic E-state index is 0.0574. The number of methoxy groups -OCH3 is 1. The van der Waals surface area contributed by atoms with Gasteiger partial charge in [0.05, 0.1) is 23.2 Å². The Morgan fingerprint density at radius 1 is 1.15 bits per heavy atom. The number of nitro benzene ring substituents is 1. The molecule has 9 nitrogen and oxygen atoms in total. The van der Waals surface area contributed by atoms with Gasteiger partial charge in [-0.25, -0.2) is 4.79 Å². The van der Waals surface area contributed by atoms with Gasteiger partial charge in [-0.05, 0) is 31.2 Å². The first-order chi connectivity index (χ1) is 12.8. The van der Waals surface area contributed by atoms with Crippen molar-refractivity contribution in [3.63, 3.8) is 0 Å². The van der Waals surface area contributed by atoms with E-state index in [1.165, 1.54) is 38.3 Å². The number of esters is 1. The number of carbonyl (C=O) groups is 3. The Morgan fingerprint density at radius 3 is 2.48 bits per heavy atom. The summed E-state index contributed by atoms with van der Waals surface area (Å²) in [5.74, 6) is -2.06. The van der Waals surface area contributed by atoms with E-state index in [0.29, 0.717) is 5.75 Å². The summed E-state index contributed by atoms with van der Waals surface area (Å²) < 4.78 is 9.87. The van der Waals surface area contributed by atoms with Crippen LogP contribution < -0.4 is 10.1 Å². The number of nitrogens with zero attached hydrogens (tertiary/aromatic N) is 1. The first-order valence-corrected chi connectivity index (χ1v) is 7.73. The number of ether oxygens (including phenoxy) is 2. The first-order valence-electron chi connectivity index (χ1n) is 7.73. The van der Waals surface area contributed by atoms with Crippen LogP contribution in [0.2, 0.25) is 0 Å². The van der Waals surface area contributed by atoms with Crippen molar-refractivity contribution in [2.45, 2.75) is 6.92 Å². The van der Waals surface area contributed by atoms with E-state index in [4.69, 9.17) is 9.47 Å². The van der Waals surface area contributed by atoms with Gasteiger partial charge in [0.2, 0.25) is 0 Å². The quantitative estimate of drug-likeness (QED) is 0.467. The molecule has 0 aliphatic rings. The molecule has 0 aliphatic carbocycles. The Bertz CT molecular complexity index is 908. The molecule has 0 bridgehead atoms. The summed E-state index contributed by atoms with van der Waals surface area (Å²) in [6, 6.07) is 10.0. The van der Waals surface area contributed by atoms with E-state index >= 15 is 0 Å². The SMILES string of the molecule is COc1ccccc1C(=O)NC(=O)COC(=O)c1ccc([N+](=O)[O-])c(C)c1. The van der Waals surface area contributed by atoms with Crippen molar-refractivity contribution in [1.29, 1.82) is 0 Å². The Morgan fingerprint density at radius 2 is 1.85 bits per heavy atom. The molecule has 0 saturated carbocycles. The van der Waals surface area contributed by atoms with Crippen LogP contribution >= 0.6 is 0 Å². The largest absolute Gasteiger partial charge is 0.496 e. The number of aryl methyl sites for hydroxylation is 1. The Hall–Kier alpha value is -3.75. The maximum absolute atomic E-state index is 12.1. The molecule has 2 rings (SSSR count). The summed E-state index contributed by atoms with van der Waals surface area (Å²) in [7, 11) is 1.39. The zero-order valence-electron chi connectivity index (χ0n) is 14.6. The van der Waals surface area contributed by atoms with Crippen LogP contribution in [-0.4, -0.2) is 36.4 Å². The van der Waals surface area contributed by atoms with Crippen molar-refractivity contribution in [2.24, 2.45) is 0 Å². The molecule has 0 saturated heterocycles. The number of hydrogen-bond donors (Lipinski definition) is 1. The van der Waals surface area contributed by atoms with E-state index in [-0.39, 0.29) is 22.4 Å². The van der Waals surface area contributed by atoms with Gasteiger partial charge in [-0.3, -0.25) is 25.0 Å². The normalized spacial score (nSPS) is 10.0. The second-order valence-electron chi connectivity index (χ2n) is 5.41. The van der Waals surface area contributed by atoms with E-state index < -0.39 is 29.3 Å². The van der Waals surface area contributed by atoms with Crippen LogP contribution in [0.1, 0.15) is 26.3 Å². The third-order valence-electron chi connectivity index (χ3n) is 3.57. The topological polar surface area (TPSA) is 125 Å². The number of amides is 2. The molecule has 27 heavy (non-hydrogen) atoms. The number of nitrogens with one attached hydrogen (secondary N) is 1. The van der Waals surface area contributed by atoms with Gasteiger partial charge >= 0.3 is 5.97 Å². The number of nitro groups is 1. The molecule has 1 N–H and O–H groups in total. The molecule has 2 amide bonds. The fourth-order valence-electron chi connectivity index (χ4n) is 2.26. The van der Waals surface area contributed by atoms with Crippen LogP contribution in [0.4, 0.5) is 5.69 Å². The van der Waals surface area contributed by atoms with Gasteiger partial charge in [0.25, 0.3) is 17.5 Å². The van der Waals surface area contributed by atoms with Gasteiger partial charge in [-0.1, -0.05) is 12.1 Å². The summed E-state index contributed by atoms with van der Waals surface area (Å²) in [6.07, 6.45) is 0. The van der Waals surface area contributed by atoms with Crippen molar-refractivity contribution in [3.05, 3.63) is 69.3 Å². The third-order valence-corrected chi connectivity index (χ3v) is 3.57. The number of imide groups is 1. The second kappa shape index (κ2) is 8.56. The van der Waals surface area contributed by atoms with Crippen molar-refractivity contribution < 1.29 is 28.8 Å². The van der Waals surface area contributed by atoms with Crippen LogP contribution in [0.25, 0.3) is 0 Å². The predicted molar refractivity (Wildman–Crippen MR) is 93.6 cm³/mol. The molecule has 2 aromatic rings. The average molecular weight is 372 g/mol. The van der Waals surface area contributed by atoms with E-state index in [1.54, 1.807) is 18.2 Å². The monoisotopic (exact) mass is 372 g/mol. The van der Waals surface area contributed by atoms with Gasteiger partial charge < -0.3 is 9.47 Å². The standard InChI is InChI=1S/C18H16N2O7/c1-11-9-12(7-8-14(11)20(24)25)18(23)27-10-16(21)19-17(22)13-5-3-4-6-15(13)26-2/h3-9H,10H2,1-2H3,(H,19,21,22). The maximum atomic E-state index is 12.1. The van der Waals surface area contributed by atoms with Gasteiger partial charge in [0.1, 0.15) is 5.75 Å². The highest BCUT2D eigenvalue weighted by Gasteiger charge is 2.18. The minimum Gasteiger partial charge on any atom is -0.496 e. The van der Waals surface area contributed by atoms with E-state index in [1.807, 2.05) is 0 Å². The van der Waals surface area contributed by atoms with Crippen molar-refractivity contribution in [1.82, 2.24) is 5.32 Å². The number of carbonyl (C=O) groups excluding carboxylic acids is 3. The molecular weight excluding hydrogens is 356 g/mol. The average Bonchev–Trinajstić information content (AvgIpc) is 2.65. The number of para-hydroxylation sites is 1. The number of hydrogen-bond acceptors (Lipinski definition) is 7. The lowest BCUT2D eigenvalue weighted by Gasteiger charge is -2.09. The van der Waals surface area contributed by atoms with E-state index in [9.17, 15) is 24.5 Å². The molecule has 0 aromatic heterocycles. The lowest BCUT2D eigenvalue weighted by atomic mass is 10.1. The summed E-state index contributed by atoms with van der Waals surface area (Å²) in [6.45, 7) is 0.795. The minimum atomic E-state index is -0.840. The highest BCUT2D eigenvalue weighted by molar-refractivity contribution is 6.07. The van der Waals surface area contributed by atoms with Gasteiger partial charge in [0.15, 0.2) is 6.61 Å². The third kappa shape index (κ3) is 4.88. The van der Waals surface area contributed by atoms with Crippen LogP contribution in [0.3, 0.4) is 0 Å². The Kier molecular flexibility index (Phi) is 6.21. The van der Waals surface area contributed by atoms with E-state index in [2.05, 4.69) is 5.32 Å².